The van der Waals surface area contributed by atoms with Gasteiger partial charge in [-0.25, -0.2) is 4.79 Å². The van der Waals surface area contributed by atoms with Gasteiger partial charge in [-0.2, -0.15) is 0 Å². The minimum atomic E-state index is -0.453. The van der Waals surface area contributed by atoms with Crippen molar-refractivity contribution < 1.29 is 14.3 Å². The molecule has 1 aliphatic carbocycles. The molecule has 0 radical (unpaired) electrons. The van der Waals surface area contributed by atoms with Crippen LogP contribution in [0.2, 0.25) is 0 Å². The second-order valence-electron chi connectivity index (χ2n) is 6.63. The standard InChI is InChI=1S/C24H20O3/c1-3-22(25)27-24-19-12-8-7-11-18(19)23(26-17-9-5-4-6-10-17)20-14-13-16(2)15-21(20)24/h3-13H,1,14-15H2,2H3. The van der Waals surface area contributed by atoms with Crippen molar-refractivity contribution in [2.75, 3.05) is 0 Å². The van der Waals surface area contributed by atoms with Crippen LogP contribution in [0.5, 0.6) is 17.2 Å². The fourth-order valence-corrected chi connectivity index (χ4v) is 3.49. The molecule has 0 spiro atoms. The highest BCUT2D eigenvalue weighted by molar-refractivity contribution is 5.99. The predicted octanol–water partition coefficient (Wildman–Crippen LogP) is 5.77. The Hall–Kier alpha value is -3.33. The lowest BCUT2D eigenvalue weighted by molar-refractivity contribution is -0.128. The highest BCUT2D eigenvalue weighted by Crippen LogP contribution is 2.45. The molecule has 3 aromatic rings. The predicted molar refractivity (Wildman–Crippen MR) is 107 cm³/mol. The zero-order valence-corrected chi connectivity index (χ0v) is 15.2. The molecule has 0 N–H and O–H groups in total. The maximum Gasteiger partial charge on any atom is 0.335 e. The van der Waals surface area contributed by atoms with Crippen LogP contribution in [0.15, 0.2) is 78.9 Å². The van der Waals surface area contributed by atoms with E-state index in [2.05, 4.69) is 19.6 Å². The molecule has 0 saturated heterocycles. The molecule has 3 aromatic carbocycles. The average molecular weight is 356 g/mol. The molecule has 3 nitrogen and oxygen atoms in total. The Bertz CT molecular complexity index is 1060. The number of carbonyl (C=O) groups is 1. The number of benzene rings is 3. The lowest BCUT2D eigenvalue weighted by Gasteiger charge is -2.24. The van der Waals surface area contributed by atoms with E-state index in [1.54, 1.807) is 0 Å². The quantitative estimate of drug-likeness (QED) is 0.258. The third-order valence-corrected chi connectivity index (χ3v) is 4.77. The van der Waals surface area contributed by atoms with Gasteiger partial charge in [0.25, 0.3) is 0 Å². The van der Waals surface area contributed by atoms with E-state index in [1.807, 2.05) is 54.6 Å². The van der Waals surface area contributed by atoms with Gasteiger partial charge in [0.05, 0.1) is 0 Å². The third kappa shape index (κ3) is 3.24. The van der Waals surface area contributed by atoms with Gasteiger partial charge >= 0.3 is 5.97 Å². The Morgan fingerprint density at radius 3 is 2.33 bits per heavy atom. The summed E-state index contributed by atoms with van der Waals surface area (Å²) in [6.07, 6.45) is 4.87. The van der Waals surface area contributed by atoms with E-state index in [9.17, 15) is 4.79 Å². The Morgan fingerprint density at radius 2 is 1.63 bits per heavy atom. The number of hydrogen-bond donors (Lipinski definition) is 0. The summed E-state index contributed by atoms with van der Waals surface area (Å²) in [6.45, 7) is 5.62. The summed E-state index contributed by atoms with van der Waals surface area (Å²) in [4.78, 5) is 12.0. The summed E-state index contributed by atoms with van der Waals surface area (Å²) in [5.41, 5.74) is 3.32. The molecule has 0 bridgehead atoms. The van der Waals surface area contributed by atoms with E-state index < -0.39 is 5.97 Å². The molecule has 4 rings (SSSR count). The Balaban J connectivity index is 1.97. The van der Waals surface area contributed by atoms with Crippen molar-refractivity contribution in [1.29, 1.82) is 0 Å². The molecule has 0 amide bonds. The molecule has 0 aliphatic heterocycles. The van der Waals surface area contributed by atoms with Crippen LogP contribution in [0, 0.1) is 0 Å². The highest BCUT2D eigenvalue weighted by Gasteiger charge is 2.24. The van der Waals surface area contributed by atoms with Gasteiger partial charge in [-0.05, 0) is 31.9 Å². The SMILES string of the molecule is C=CC(=O)Oc1c2c(c(Oc3ccccc3)c3ccccc13)CC=C(C)C2. The van der Waals surface area contributed by atoms with Crippen LogP contribution in [-0.2, 0) is 17.6 Å². The second kappa shape index (κ2) is 7.12. The number of fused-ring (bicyclic) bond motifs is 2. The summed E-state index contributed by atoms with van der Waals surface area (Å²) < 4.78 is 12.0. The third-order valence-electron chi connectivity index (χ3n) is 4.77. The van der Waals surface area contributed by atoms with Crippen LogP contribution < -0.4 is 9.47 Å². The van der Waals surface area contributed by atoms with Gasteiger partial charge in [-0.15, -0.1) is 0 Å². The van der Waals surface area contributed by atoms with E-state index in [1.165, 1.54) is 11.6 Å². The largest absolute Gasteiger partial charge is 0.456 e. The normalized spacial score (nSPS) is 12.9. The summed E-state index contributed by atoms with van der Waals surface area (Å²) in [6, 6.07) is 17.6. The van der Waals surface area contributed by atoms with Gasteiger partial charge in [0.15, 0.2) is 0 Å². The lowest BCUT2D eigenvalue weighted by atomic mass is 9.87. The van der Waals surface area contributed by atoms with Crippen molar-refractivity contribution in [3.63, 3.8) is 0 Å². The summed E-state index contributed by atoms with van der Waals surface area (Å²) in [5, 5.41) is 1.80. The Morgan fingerprint density at radius 1 is 0.963 bits per heavy atom. The number of para-hydroxylation sites is 1. The first-order chi connectivity index (χ1) is 13.2. The van der Waals surface area contributed by atoms with Crippen LogP contribution in [0.4, 0.5) is 0 Å². The van der Waals surface area contributed by atoms with Gasteiger partial charge in [0.1, 0.15) is 17.2 Å². The Labute approximate surface area is 158 Å². The molecule has 0 fully saturated rings. The molecule has 0 atom stereocenters. The smallest absolute Gasteiger partial charge is 0.335 e. The number of allylic oxidation sites excluding steroid dienone is 2. The number of esters is 1. The van der Waals surface area contributed by atoms with Crippen molar-refractivity contribution in [3.05, 3.63) is 90.0 Å². The fourth-order valence-electron chi connectivity index (χ4n) is 3.49. The van der Waals surface area contributed by atoms with Crippen LogP contribution in [0.25, 0.3) is 10.8 Å². The fraction of sp³-hybridized carbons (Fsp3) is 0.125. The number of hydrogen-bond acceptors (Lipinski definition) is 3. The van der Waals surface area contributed by atoms with Gasteiger partial charge in [0, 0.05) is 28.0 Å². The van der Waals surface area contributed by atoms with Gasteiger partial charge in [0.2, 0.25) is 0 Å². The van der Waals surface area contributed by atoms with E-state index >= 15 is 0 Å². The first-order valence-electron chi connectivity index (χ1n) is 8.96. The minimum Gasteiger partial charge on any atom is -0.456 e. The van der Waals surface area contributed by atoms with Gasteiger partial charge in [-0.1, -0.05) is 60.7 Å². The Kier molecular flexibility index (Phi) is 4.51. The van der Waals surface area contributed by atoms with Crippen LogP contribution in [-0.4, -0.2) is 5.97 Å². The zero-order valence-electron chi connectivity index (χ0n) is 15.2. The molecule has 134 valence electrons. The van der Waals surface area contributed by atoms with E-state index in [-0.39, 0.29) is 0 Å². The number of rotatable bonds is 4. The zero-order chi connectivity index (χ0) is 18.8. The van der Waals surface area contributed by atoms with Crippen LogP contribution in [0.1, 0.15) is 18.1 Å². The van der Waals surface area contributed by atoms with Crippen molar-refractivity contribution in [2.45, 2.75) is 19.8 Å². The van der Waals surface area contributed by atoms with Crippen molar-refractivity contribution in [2.24, 2.45) is 0 Å². The molecule has 0 saturated carbocycles. The minimum absolute atomic E-state index is 0.453. The molecule has 0 aromatic heterocycles. The molecular weight excluding hydrogens is 336 g/mol. The summed E-state index contributed by atoms with van der Waals surface area (Å²) in [7, 11) is 0. The molecule has 0 heterocycles. The molecule has 3 heteroatoms. The molecular formula is C24H20O3. The number of ether oxygens (including phenoxy) is 2. The first kappa shape index (κ1) is 17.1. The summed E-state index contributed by atoms with van der Waals surface area (Å²) in [5.74, 6) is 1.77. The summed E-state index contributed by atoms with van der Waals surface area (Å²) >= 11 is 0. The molecule has 1 aliphatic rings. The van der Waals surface area contributed by atoms with E-state index in [0.717, 1.165) is 46.2 Å². The second-order valence-corrected chi connectivity index (χ2v) is 6.63. The van der Waals surface area contributed by atoms with Crippen LogP contribution >= 0.6 is 0 Å². The molecule has 27 heavy (non-hydrogen) atoms. The van der Waals surface area contributed by atoms with E-state index in [4.69, 9.17) is 9.47 Å². The maximum atomic E-state index is 12.0. The average Bonchev–Trinajstić information content (AvgIpc) is 2.71. The van der Waals surface area contributed by atoms with Crippen LogP contribution in [0.3, 0.4) is 0 Å². The topological polar surface area (TPSA) is 35.5 Å². The van der Waals surface area contributed by atoms with Gasteiger partial charge < -0.3 is 9.47 Å². The molecule has 0 unspecified atom stereocenters. The van der Waals surface area contributed by atoms with Crippen molar-refractivity contribution >= 4 is 16.7 Å². The monoisotopic (exact) mass is 356 g/mol. The lowest BCUT2D eigenvalue weighted by Crippen LogP contribution is -2.11. The number of carbonyl (C=O) groups excluding carboxylic acids is 1. The maximum absolute atomic E-state index is 12.0. The van der Waals surface area contributed by atoms with Crippen molar-refractivity contribution in [3.8, 4) is 17.2 Å². The highest BCUT2D eigenvalue weighted by atomic mass is 16.5. The van der Waals surface area contributed by atoms with Crippen molar-refractivity contribution in [1.82, 2.24) is 0 Å². The first-order valence-corrected chi connectivity index (χ1v) is 8.96. The van der Waals surface area contributed by atoms with E-state index in [0.29, 0.717) is 5.75 Å². The van der Waals surface area contributed by atoms with Gasteiger partial charge in [-0.3, -0.25) is 0 Å².